The zero-order valence-electron chi connectivity index (χ0n) is 9.30. The van der Waals surface area contributed by atoms with Gasteiger partial charge in [0, 0.05) is 19.6 Å². The molecule has 1 aromatic rings. The van der Waals surface area contributed by atoms with Crippen LogP contribution in [0, 0.1) is 0 Å². The summed E-state index contributed by atoms with van der Waals surface area (Å²) in [4.78, 5) is 0. The van der Waals surface area contributed by atoms with Crippen LogP contribution in [0.15, 0.2) is 17.3 Å². The van der Waals surface area contributed by atoms with E-state index in [9.17, 15) is 8.42 Å². The number of hydrogen-bond acceptors (Lipinski definition) is 4. The predicted molar refractivity (Wildman–Crippen MR) is 64.3 cm³/mol. The Morgan fingerprint density at radius 2 is 2.12 bits per heavy atom. The molecule has 0 aliphatic rings. The second-order valence-corrected chi connectivity index (χ2v) is 4.70. The van der Waals surface area contributed by atoms with Crippen LogP contribution in [0.25, 0.3) is 0 Å². The van der Waals surface area contributed by atoms with Gasteiger partial charge in [-0.3, -0.25) is 4.68 Å². The van der Waals surface area contributed by atoms with Crippen LogP contribution in [0.4, 0.5) is 0 Å². The van der Waals surface area contributed by atoms with E-state index in [1.165, 1.54) is 16.9 Å². The highest BCUT2D eigenvalue weighted by atomic mass is 35.5. The van der Waals surface area contributed by atoms with E-state index in [0.717, 1.165) is 0 Å². The molecule has 1 heterocycles. The first-order valence-electron chi connectivity index (χ1n) is 4.78. The first-order chi connectivity index (χ1) is 7.11. The quantitative estimate of drug-likeness (QED) is 0.702. The molecule has 16 heavy (non-hydrogen) atoms. The molecule has 0 saturated heterocycles. The van der Waals surface area contributed by atoms with Gasteiger partial charge in [-0.1, -0.05) is 0 Å². The Kier molecular flexibility index (Phi) is 6.58. The molecule has 0 aliphatic heterocycles. The number of nitrogens with one attached hydrogen (secondary N) is 2. The predicted octanol–water partition coefficient (Wildman–Crippen LogP) is -0.178. The van der Waals surface area contributed by atoms with Gasteiger partial charge in [0.1, 0.15) is 0 Å². The normalized spacial score (nSPS) is 11.1. The molecule has 94 valence electrons. The van der Waals surface area contributed by atoms with Crippen molar-refractivity contribution in [3.05, 3.63) is 12.3 Å². The van der Waals surface area contributed by atoms with Gasteiger partial charge in [-0.2, -0.15) is 5.10 Å². The summed E-state index contributed by atoms with van der Waals surface area (Å²) in [5, 5.41) is 6.99. The van der Waals surface area contributed by atoms with Gasteiger partial charge in [0.15, 0.2) is 5.03 Å². The van der Waals surface area contributed by atoms with Crippen LogP contribution in [0.1, 0.15) is 6.92 Å². The first-order valence-corrected chi connectivity index (χ1v) is 6.26. The molecule has 6 nitrogen and oxygen atoms in total. The van der Waals surface area contributed by atoms with Crippen LogP contribution >= 0.6 is 12.4 Å². The van der Waals surface area contributed by atoms with Crippen molar-refractivity contribution in [2.75, 3.05) is 20.1 Å². The highest BCUT2D eigenvalue weighted by Gasteiger charge is 2.17. The molecule has 0 bridgehead atoms. The van der Waals surface area contributed by atoms with E-state index >= 15 is 0 Å². The Morgan fingerprint density at radius 3 is 2.69 bits per heavy atom. The van der Waals surface area contributed by atoms with E-state index in [1.54, 1.807) is 7.05 Å². The number of aryl methyl sites for hydroxylation is 1. The molecule has 8 heteroatoms. The fraction of sp³-hybridized carbons (Fsp3) is 0.625. The Labute approximate surface area is 102 Å². The van der Waals surface area contributed by atoms with Gasteiger partial charge in [0.25, 0.3) is 10.0 Å². The van der Waals surface area contributed by atoms with Crippen molar-refractivity contribution in [3.63, 3.8) is 0 Å². The molecule has 0 aromatic carbocycles. The second kappa shape index (κ2) is 6.85. The molecule has 0 unspecified atom stereocenters. The molecular formula is C8H17ClN4O2S. The van der Waals surface area contributed by atoms with Crippen LogP contribution in [0.2, 0.25) is 0 Å². The van der Waals surface area contributed by atoms with Gasteiger partial charge in [-0.05, 0) is 20.0 Å². The Morgan fingerprint density at radius 1 is 1.44 bits per heavy atom. The third-order valence-electron chi connectivity index (χ3n) is 1.92. The third-order valence-corrected chi connectivity index (χ3v) is 3.40. The Hall–Kier alpha value is -0.630. The molecule has 0 saturated carbocycles. The lowest BCUT2D eigenvalue weighted by Crippen LogP contribution is -2.31. The van der Waals surface area contributed by atoms with Crippen molar-refractivity contribution in [1.82, 2.24) is 19.8 Å². The van der Waals surface area contributed by atoms with Crippen molar-refractivity contribution in [2.24, 2.45) is 0 Å². The molecule has 0 fully saturated rings. The maximum Gasteiger partial charge on any atom is 0.257 e. The van der Waals surface area contributed by atoms with Crippen LogP contribution in [0.5, 0.6) is 0 Å². The first kappa shape index (κ1) is 15.4. The average Bonchev–Trinajstić information content (AvgIpc) is 2.66. The number of hydrogen-bond donors (Lipinski definition) is 2. The number of aromatic nitrogens is 2. The summed E-state index contributed by atoms with van der Waals surface area (Å²) in [7, 11) is -1.65. The maximum absolute atomic E-state index is 11.7. The fourth-order valence-corrected chi connectivity index (χ4v) is 2.38. The van der Waals surface area contributed by atoms with E-state index in [4.69, 9.17) is 0 Å². The van der Waals surface area contributed by atoms with Crippen LogP contribution in [-0.2, 0) is 16.6 Å². The largest absolute Gasteiger partial charge is 0.318 e. The Bertz CT molecular complexity index is 404. The van der Waals surface area contributed by atoms with Gasteiger partial charge < -0.3 is 5.32 Å². The van der Waals surface area contributed by atoms with Crippen molar-refractivity contribution < 1.29 is 8.42 Å². The number of likely N-dealkylation sites (N-methyl/N-ethyl adjacent to an activating group) is 1. The molecule has 0 aliphatic carbocycles. The molecule has 0 radical (unpaired) electrons. The van der Waals surface area contributed by atoms with Crippen molar-refractivity contribution in [1.29, 1.82) is 0 Å². The molecule has 0 spiro atoms. The summed E-state index contributed by atoms with van der Waals surface area (Å²) in [6.45, 7) is 3.35. The van der Waals surface area contributed by atoms with E-state index in [1.807, 2.05) is 6.92 Å². The molecule has 1 aromatic heterocycles. The van der Waals surface area contributed by atoms with Gasteiger partial charge in [0.05, 0.1) is 6.20 Å². The molecular weight excluding hydrogens is 252 g/mol. The average molecular weight is 269 g/mol. The lowest BCUT2D eigenvalue weighted by molar-refractivity contribution is 0.543. The minimum Gasteiger partial charge on any atom is -0.318 e. The number of nitrogens with zero attached hydrogens (tertiary/aromatic N) is 2. The number of sulfonamides is 1. The van der Waals surface area contributed by atoms with Crippen molar-refractivity contribution in [3.8, 4) is 0 Å². The molecule has 1 rings (SSSR count). The van der Waals surface area contributed by atoms with Gasteiger partial charge in [0.2, 0.25) is 0 Å². The SMILES string of the molecule is CCn1nccc1S(=O)(=O)NCCNC.Cl. The fourth-order valence-electron chi connectivity index (χ4n) is 1.17. The summed E-state index contributed by atoms with van der Waals surface area (Å²) in [5.74, 6) is 0. The van der Waals surface area contributed by atoms with Crippen LogP contribution in [0.3, 0.4) is 0 Å². The van der Waals surface area contributed by atoms with Crippen molar-refractivity contribution in [2.45, 2.75) is 18.5 Å². The van der Waals surface area contributed by atoms with E-state index in [0.29, 0.717) is 19.6 Å². The maximum atomic E-state index is 11.7. The van der Waals surface area contributed by atoms with Crippen LogP contribution in [-0.4, -0.2) is 38.3 Å². The summed E-state index contributed by atoms with van der Waals surface area (Å²) >= 11 is 0. The summed E-state index contributed by atoms with van der Waals surface area (Å²) in [6.07, 6.45) is 1.48. The van der Waals surface area contributed by atoms with Gasteiger partial charge >= 0.3 is 0 Å². The smallest absolute Gasteiger partial charge is 0.257 e. The lowest BCUT2D eigenvalue weighted by Gasteiger charge is -2.07. The zero-order chi connectivity index (χ0) is 11.3. The minimum atomic E-state index is -3.42. The monoisotopic (exact) mass is 268 g/mol. The molecule has 0 atom stereocenters. The van der Waals surface area contributed by atoms with E-state index < -0.39 is 10.0 Å². The standard InChI is InChI=1S/C8H16N4O2S.ClH/c1-3-12-8(4-5-10-12)15(13,14)11-7-6-9-2;/h4-5,9,11H,3,6-7H2,1-2H3;1H. The third kappa shape index (κ3) is 3.75. The molecule has 0 amide bonds. The van der Waals surface area contributed by atoms with E-state index in [2.05, 4.69) is 15.1 Å². The van der Waals surface area contributed by atoms with Crippen molar-refractivity contribution >= 4 is 22.4 Å². The summed E-state index contributed by atoms with van der Waals surface area (Å²) < 4.78 is 27.4. The van der Waals surface area contributed by atoms with Gasteiger partial charge in [-0.25, -0.2) is 13.1 Å². The lowest BCUT2D eigenvalue weighted by atomic mass is 10.7. The highest BCUT2D eigenvalue weighted by molar-refractivity contribution is 7.89. The summed E-state index contributed by atoms with van der Waals surface area (Å²) in [6, 6.07) is 1.49. The second-order valence-electron chi connectivity index (χ2n) is 2.99. The minimum absolute atomic E-state index is 0. The Balaban J connectivity index is 0.00000225. The highest BCUT2D eigenvalue weighted by Crippen LogP contribution is 2.06. The number of halogens is 1. The molecule has 2 N–H and O–H groups in total. The van der Waals surface area contributed by atoms with Crippen LogP contribution < -0.4 is 10.0 Å². The summed E-state index contributed by atoms with van der Waals surface area (Å²) in [5.41, 5.74) is 0. The zero-order valence-corrected chi connectivity index (χ0v) is 10.9. The topological polar surface area (TPSA) is 76.0 Å². The number of rotatable bonds is 6. The van der Waals surface area contributed by atoms with E-state index in [-0.39, 0.29) is 17.4 Å². The van der Waals surface area contributed by atoms with Gasteiger partial charge in [-0.15, -0.1) is 12.4 Å².